The standard InChI is InChI=1S/C15H14ClFN2O4S/c16-14-10(23-15-13(22)12(21)9(20)6-24-15)3-8(5-19-14)7-1-2-11(17)18-4-7/h1-5,9,12-13,15,20-22H,6H2/t9-,12+,13-,15-/m1/s1. The van der Waals surface area contributed by atoms with Gasteiger partial charge in [0, 0.05) is 29.3 Å². The molecular weight excluding hydrogens is 359 g/mol. The third-order valence-corrected chi connectivity index (χ3v) is 5.09. The van der Waals surface area contributed by atoms with E-state index >= 15 is 0 Å². The summed E-state index contributed by atoms with van der Waals surface area (Å²) in [6, 6.07) is 4.36. The van der Waals surface area contributed by atoms with Gasteiger partial charge in [-0.1, -0.05) is 11.6 Å². The molecule has 0 saturated carbocycles. The van der Waals surface area contributed by atoms with Gasteiger partial charge in [0.2, 0.25) is 5.95 Å². The molecule has 2 aromatic heterocycles. The van der Waals surface area contributed by atoms with Crippen LogP contribution < -0.4 is 4.74 Å². The summed E-state index contributed by atoms with van der Waals surface area (Å²) in [5.41, 5.74) is 0.430. The minimum atomic E-state index is -1.30. The van der Waals surface area contributed by atoms with Crippen LogP contribution >= 0.6 is 23.4 Å². The highest BCUT2D eigenvalue weighted by atomic mass is 35.5. The van der Waals surface area contributed by atoms with Crippen LogP contribution in [0.5, 0.6) is 5.75 Å². The van der Waals surface area contributed by atoms with Gasteiger partial charge in [-0.25, -0.2) is 9.97 Å². The molecule has 4 atom stereocenters. The monoisotopic (exact) mass is 372 g/mol. The predicted molar refractivity (Wildman–Crippen MR) is 87.3 cm³/mol. The van der Waals surface area contributed by atoms with Crippen LogP contribution in [0, 0.1) is 5.95 Å². The van der Waals surface area contributed by atoms with Gasteiger partial charge >= 0.3 is 0 Å². The predicted octanol–water partition coefficient (Wildman–Crippen LogP) is 1.47. The van der Waals surface area contributed by atoms with E-state index in [-0.39, 0.29) is 16.7 Å². The van der Waals surface area contributed by atoms with Crippen LogP contribution in [0.15, 0.2) is 30.6 Å². The van der Waals surface area contributed by atoms with Crippen LogP contribution in [0.3, 0.4) is 0 Å². The summed E-state index contributed by atoms with van der Waals surface area (Å²) >= 11 is 7.19. The Kier molecular flexibility index (Phi) is 5.21. The van der Waals surface area contributed by atoms with Crippen LogP contribution in [-0.2, 0) is 0 Å². The van der Waals surface area contributed by atoms with E-state index in [0.29, 0.717) is 11.1 Å². The molecule has 1 fully saturated rings. The van der Waals surface area contributed by atoms with E-state index < -0.39 is 29.7 Å². The summed E-state index contributed by atoms with van der Waals surface area (Å²) in [5, 5.41) is 29.4. The van der Waals surface area contributed by atoms with E-state index in [2.05, 4.69) is 9.97 Å². The number of hydrogen-bond acceptors (Lipinski definition) is 7. The van der Waals surface area contributed by atoms with Gasteiger partial charge in [-0.05, 0) is 18.2 Å². The van der Waals surface area contributed by atoms with E-state index in [1.54, 1.807) is 12.1 Å². The van der Waals surface area contributed by atoms with Gasteiger partial charge in [-0.15, -0.1) is 11.8 Å². The van der Waals surface area contributed by atoms with E-state index in [1.807, 2.05) is 0 Å². The van der Waals surface area contributed by atoms with E-state index in [1.165, 1.54) is 18.5 Å². The second kappa shape index (κ2) is 7.20. The number of aliphatic hydroxyl groups excluding tert-OH is 3. The molecule has 3 heterocycles. The summed E-state index contributed by atoms with van der Waals surface area (Å²) in [7, 11) is 0. The quantitative estimate of drug-likeness (QED) is 0.702. The highest BCUT2D eigenvalue weighted by molar-refractivity contribution is 7.99. The van der Waals surface area contributed by atoms with Crippen LogP contribution in [-0.4, -0.2) is 54.8 Å². The van der Waals surface area contributed by atoms with Crippen molar-refractivity contribution in [1.29, 1.82) is 0 Å². The molecule has 6 nitrogen and oxygen atoms in total. The average Bonchev–Trinajstić information content (AvgIpc) is 2.58. The molecule has 128 valence electrons. The van der Waals surface area contributed by atoms with E-state index in [9.17, 15) is 19.7 Å². The molecule has 1 aliphatic heterocycles. The molecule has 0 aliphatic carbocycles. The van der Waals surface area contributed by atoms with Crippen molar-refractivity contribution < 1.29 is 24.4 Å². The zero-order valence-corrected chi connectivity index (χ0v) is 13.8. The first-order valence-corrected chi connectivity index (χ1v) is 8.48. The van der Waals surface area contributed by atoms with E-state index in [4.69, 9.17) is 16.3 Å². The molecule has 0 aromatic carbocycles. The van der Waals surface area contributed by atoms with Crippen molar-refractivity contribution in [3.05, 3.63) is 41.7 Å². The molecular formula is C15H14ClFN2O4S. The third kappa shape index (κ3) is 3.62. The van der Waals surface area contributed by atoms with Gasteiger partial charge in [-0.2, -0.15) is 4.39 Å². The molecule has 1 saturated heterocycles. The van der Waals surface area contributed by atoms with Gasteiger partial charge in [0.1, 0.15) is 12.2 Å². The fourth-order valence-corrected chi connectivity index (χ4v) is 3.48. The fourth-order valence-electron chi connectivity index (χ4n) is 2.22. The van der Waals surface area contributed by atoms with Gasteiger partial charge < -0.3 is 20.1 Å². The second-order valence-electron chi connectivity index (χ2n) is 5.25. The van der Waals surface area contributed by atoms with E-state index in [0.717, 1.165) is 11.8 Å². The minimum absolute atomic E-state index is 0.0854. The molecule has 3 rings (SSSR count). The van der Waals surface area contributed by atoms with Crippen molar-refractivity contribution in [2.24, 2.45) is 0 Å². The van der Waals surface area contributed by atoms with Crippen molar-refractivity contribution in [2.45, 2.75) is 23.7 Å². The lowest BCUT2D eigenvalue weighted by atomic mass is 10.1. The second-order valence-corrected chi connectivity index (χ2v) is 6.74. The Morgan fingerprint density at radius 2 is 1.88 bits per heavy atom. The normalized spacial score (nSPS) is 27.0. The Labute approximate surface area is 146 Å². The number of aliphatic hydroxyl groups is 3. The van der Waals surface area contributed by atoms with Crippen LogP contribution in [0.4, 0.5) is 4.39 Å². The number of halogens is 2. The van der Waals surface area contributed by atoms with Crippen LogP contribution in [0.2, 0.25) is 5.15 Å². The summed E-state index contributed by atoms with van der Waals surface area (Å²) in [6.45, 7) is 0. The number of pyridine rings is 2. The average molecular weight is 373 g/mol. The van der Waals surface area contributed by atoms with Gasteiger partial charge in [0.25, 0.3) is 0 Å². The van der Waals surface area contributed by atoms with Gasteiger partial charge in [0.15, 0.2) is 16.3 Å². The topological polar surface area (TPSA) is 95.7 Å². The summed E-state index contributed by atoms with van der Waals surface area (Å²) in [5.74, 6) is -0.166. The third-order valence-electron chi connectivity index (χ3n) is 3.56. The number of thioether (sulfide) groups is 1. The molecule has 24 heavy (non-hydrogen) atoms. The lowest BCUT2D eigenvalue weighted by Gasteiger charge is -2.34. The molecule has 9 heteroatoms. The van der Waals surface area contributed by atoms with Gasteiger partial charge in [0.05, 0.1) is 6.10 Å². The minimum Gasteiger partial charge on any atom is -0.474 e. The number of nitrogens with zero attached hydrogens (tertiary/aromatic N) is 2. The first-order valence-electron chi connectivity index (χ1n) is 7.05. The lowest BCUT2D eigenvalue weighted by Crippen LogP contribution is -2.50. The Balaban J connectivity index is 1.83. The molecule has 1 aliphatic rings. The zero-order chi connectivity index (χ0) is 17.3. The van der Waals surface area contributed by atoms with Crippen molar-refractivity contribution in [3.8, 4) is 16.9 Å². The van der Waals surface area contributed by atoms with Crippen molar-refractivity contribution >= 4 is 23.4 Å². The maximum Gasteiger partial charge on any atom is 0.212 e. The SMILES string of the molecule is O[C@@H]1[C@@H](O)[C@H](Oc2cc(-c3ccc(F)nc3)cnc2Cl)SC[C@H]1O. The molecule has 0 unspecified atom stereocenters. The maximum absolute atomic E-state index is 12.9. The highest BCUT2D eigenvalue weighted by Crippen LogP contribution is 2.34. The Morgan fingerprint density at radius 1 is 1.12 bits per heavy atom. The van der Waals surface area contributed by atoms with Crippen molar-refractivity contribution in [1.82, 2.24) is 9.97 Å². The number of hydrogen-bond donors (Lipinski definition) is 3. The molecule has 3 N–H and O–H groups in total. The Bertz CT molecular complexity index is 721. The van der Waals surface area contributed by atoms with Crippen molar-refractivity contribution in [2.75, 3.05) is 5.75 Å². The smallest absolute Gasteiger partial charge is 0.212 e. The zero-order valence-electron chi connectivity index (χ0n) is 12.2. The number of rotatable bonds is 3. The molecule has 0 spiro atoms. The van der Waals surface area contributed by atoms with Crippen LogP contribution in [0.1, 0.15) is 0 Å². The summed E-state index contributed by atoms with van der Waals surface area (Å²) < 4.78 is 18.6. The Morgan fingerprint density at radius 3 is 2.58 bits per heavy atom. The molecule has 0 amide bonds. The molecule has 0 radical (unpaired) electrons. The molecule has 0 bridgehead atoms. The molecule has 2 aromatic rings. The number of aromatic nitrogens is 2. The van der Waals surface area contributed by atoms with Gasteiger partial charge in [-0.3, -0.25) is 0 Å². The number of ether oxygens (including phenoxy) is 1. The largest absolute Gasteiger partial charge is 0.474 e. The van der Waals surface area contributed by atoms with Crippen LogP contribution in [0.25, 0.3) is 11.1 Å². The highest BCUT2D eigenvalue weighted by Gasteiger charge is 2.38. The lowest BCUT2D eigenvalue weighted by molar-refractivity contribution is -0.0786. The maximum atomic E-state index is 12.9. The first kappa shape index (κ1) is 17.4. The summed E-state index contributed by atoms with van der Waals surface area (Å²) in [4.78, 5) is 7.60. The first-order chi connectivity index (χ1) is 11.5. The summed E-state index contributed by atoms with van der Waals surface area (Å²) in [6.07, 6.45) is -0.741. The fraction of sp³-hybridized carbons (Fsp3) is 0.333. The Hall–Kier alpha value is -1.45. The van der Waals surface area contributed by atoms with Crippen molar-refractivity contribution in [3.63, 3.8) is 0 Å².